The Bertz CT molecular complexity index is 839. The first-order valence-electron chi connectivity index (χ1n) is 11.2. The third-order valence-corrected chi connectivity index (χ3v) is 6.28. The van der Waals surface area contributed by atoms with Gasteiger partial charge in [0.25, 0.3) is 0 Å². The Balaban J connectivity index is 1.36. The first kappa shape index (κ1) is 21.8. The lowest BCUT2D eigenvalue weighted by molar-refractivity contribution is -0.125. The molecule has 0 radical (unpaired) electrons. The zero-order valence-corrected chi connectivity index (χ0v) is 18.3. The minimum Gasteiger partial charge on any atom is -0.492 e. The largest absolute Gasteiger partial charge is 0.492 e. The first-order chi connectivity index (χ1) is 15.2. The van der Waals surface area contributed by atoms with Crippen molar-refractivity contribution in [2.75, 3.05) is 58.0 Å². The molecule has 0 bridgehead atoms. The third kappa shape index (κ3) is 5.45. The van der Waals surface area contributed by atoms with Crippen molar-refractivity contribution in [3.05, 3.63) is 59.7 Å². The molecule has 0 aliphatic carbocycles. The van der Waals surface area contributed by atoms with Crippen LogP contribution in [0.15, 0.2) is 48.5 Å². The number of hydrogen-bond donors (Lipinski definition) is 1. The van der Waals surface area contributed by atoms with Crippen molar-refractivity contribution in [3.8, 4) is 5.75 Å². The van der Waals surface area contributed by atoms with E-state index < -0.39 is 5.41 Å². The number of benzene rings is 2. The van der Waals surface area contributed by atoms with E-state index in [4.69, 9.17) is 14.2 Å². The van der Waals surface area contributed by atoms with Crippen LogP contribution in [-0.2, 0) is 19.7 Å². The third-order valence-electron chi connectivity index (χ3n) is 6.28. The molecular formula is C25H32N2O4. The lowest BCUT2D eigenvalue weighted by atomic mass is 9.73. The van der Waals surface area contributed by atoms with E-state index in [0.717, 1.165) is 49.8 Å². The van der Waals surface area contributed by atoms with Crippen LogP contribution in [0.3, 0.4) is 0 Å². The highest BCUT2D eigenvalue weighted by molar-refractivity contribution is 5.99. The predicted molar refractivity (Wildman–Crippen MR) is 121 cm³/mol. The molecule has 6 nitrogen and oxygen atoms in total. The highest BCUT2D eigenvalue weighted by atomic mass is 16.5. The van der Waals surface area contributed by atoms with E-state index in [2.05, 4.69) is 41.4 Å². The molecule has 0 unspecified atom stereocenters. The minimum absolute atomic E-state index is 0.0284. The van der Waals surface area contributed by atoms with Crippen LogP contribution in [0.25, 0.3) is 0 Å². The summed E-state index contributed by atoms with van der Waals surface area (Å²) in [5.74, 6) is 0.839. The molecule has 2 aromatic rings. The van der Waals surface area contributed by atoms with Gasteiger partial charge in [-0.1, -0.05) is 29.8 Å². The lowest BCUT2D eigenvalue weighted by Crippen LogP contribution is -2.44. The summed E-state index contributed by atoms with van der Waals surface area (Å²) in [6, 6.07) is 15.9. The Hall–Kier alpha value is -2.41. The van der Waals surface area contributed by atoms with Gasteiger partial charge in [-0.15, -0.1) is 0 Å². The van der Waals surface area contributed by atoms with Crippen molar-refractivity contribution in [3.63, 3.8) is 0 Å². The number of hydrogen-bond acceptors (Lipinski definition) is 5. The van der Waals surface area contributed by atoms with Crippen LogP contribution in [0.2, 0.25) is 0 Å². The number of rotatable bonds is 7. The molecule has 0 saturated carbocycles. The van der Waals surface area contributed by atoms with Gasteiger partial charge in [-0.25, -0.2) is 0 Å². The number of morpholine rings is 1. The summed E-state index contributed by atoms with van der Waals surface area (Å²) in [6.45, 7) is 8.30. The minimum atomic E-state index is -0.556. The number of aryl methyl sites for hydroxylation is 1. The highest BCUT2D eigenvalue weighted by Gasteiger charge is 2.41. The molecular weight excluding hydrogens is 392 g/mol. The Morgan fingerprint density at radius 2 is 1.61 bits per heavy atom. The lowest BCUT2D eigenvalue weighted by Gasteiger charge is -2.36. The van der Waals surface area contributed by atoms with Gasteiger partial charge < -0.3 is 19.5 Å². The number of amides is 1. The Labute approximate surface area is 184 Å². The maximum Gasteiger partial charge on any atom is 0.235 e. The fourth-order valence-corrected chi connectivity index (χ4v) is 4.24. The molecule has 31 heavy (non-hydrogen) atoms. The van der Waals surface area contributed by atoms with Crippen molar-refractivity contribution in [2.24, 2.45) is 0 Å². The van der Waals surface area contributed by atoms with E-state index in [0.29, 0.717) is 32.7 Å². The normalized spacial score (nSPS) is 19.0. The summed E-state index contributed by atoms with van der Waals surface area (Å²) >= 11 is 0. The first-order valence-corrected chi connectivity index (χ1v) is 11.2. The number of ether oxygens (including phenoxy) is 3. The highest BCUT2D eigenvalue weighted by Crippen LogP contribution is 2.36. The van der Waals surface area contributed by atoms with Crippen LogP contribution >= 0.6 is 0 Å². The number of carbonyl (C=O) groups is 1. The molecule has 1 N–H and O–H groups in total. The van der Waals surface area contributed by atoms with Gasteiger partial charge in [0.2, 0.25) is 5.91 Å². The van der Waals surface area contributed by atoms with Crippen LogP contribution in [-0.4, -0.2) is 63.5 Å². The number of nitrogens with one attached hydrogen (secondary N) is 1. The van der Waals surface area contributed by atoms with E-state index in [-0.39, 0.29) is 5.91 Å². The maximum atomic E-state index is 13.4. The quantitative estimate of drug-likeness (QED) is 0.738. The molecule has 2 saturated heterocycles. The average molecular weight is 425 g/mol. The molecule has 2 aromatic carbocycles. The second kappa shape index (κ2) is 10.3. The average Bonchev–Trinajstić information content (AvgIpc) is 2.82. The van der Waals surface area contributed by atoms with Crippen molar-refractivity contribution >= 4 is 11.6 Å². The van der Waals surface area contributed by atoms with Crippen LogP contribution in [0, 0.1) is 6.92 Å². The Morgan fingerprint density at radius 1 is 0.968 bits per heavy atom. The summed E-state index contributed by atoms with van der Waals surface area (Å²) in [4.78, 5) is 15.7. The molecule has 0 atom stereocenters. The topological polar surface area (TPSA) is 60.0 Å². The summed E-state index contributed by atoms with van der Waals surface area (Å²) < 4.78 is 16.8. The van der Waals surface area contributed by atoms with Crippen LogP contribution < -0.4 is 10.1 Å². The fourth-order valence-electron chi connectivity index (χ4n) is 4.24. The van der Waals surface area contributed by atoms with Crippen molar-refractivity contribution < 1.29 is 19.0 Å². The molecule has 166 valence electrons. The second-order valence-corrected chi connectivity index (χ2v) is 8.34. The van der Waals surface area contributed by atoms with Gasteiger partial charge in [0.1, 0.15) is 12.4 Å². The second-order valence-electron chi connectivity index (χ2n) is 8.34. The molecule has 0 aromatic heterocycles. The summed E-state index contributed by atoms with van der Waals surface area (Å²) in [5.41, 5.74) is 2.47. The molecule has 4 rings (SSSR count). The smallest absolute Gasteiger partial charge is 0.235 e. The van der Waals surface area contributed by atoms with Gasteiger partial charge in [0.05, 0.1) is 18.6 Å². The molecule has 0 spiro atoms. The number of nitrogens with zero attached hydrogens (tertiary/aromatic N) is 1. The van der Waals surface area contributed by atoms with Crippen LogP contribution in [0.5, 0.6) is 5.75 Å². The van der Waals surface area contributed by atoms with E-state index in [1.807, 2.05) is 24.3 Å². The fraction of sp³-hybridized carbons (Fsp3) is 0.480. The molecule has 2 aliphatic heterocycles. The van der Waals surface area contributed by atoms with Gasteiger partial charge in [-0.3, -0.25) is 9.69 Å². The van der Waals surface area contributed by atoms with E-state index in [1.165, 1.54) is 5.56 Å². The Kier molecular flexibility index (Phi) is 7.22. The van der Waals surface area contributed by atoms with Gasteiger partial charge in [0.15, 0.2) is 0 Å². The molecule has 2 aliphatic rings. The van der Waals surface area contributed by atoms with E-state index in [9.17, 15) is 4.79 Å². The monoisotopic (exact) mass is 424 g/mol. The molecule has 6 heteroatoms. The van der Waals surface area contributed by atoms with Crippen LogP contribution in [0.1, 0.15) is 24.0 Å². The summed E-state index contributed by atoms with van der Waals surface area (Å²) in [6.07, 6.45) is 1.37. The molecule has 2 fully saturated rings. The molecule has 1 amide bonds. The number of anilines is 1. The number of carbonyl (C=O) groups excluding carboxylic acids is 1. The summed E-state index contributed by atoms with van der Waals surface area (Å²) in [5, 5.41) is 3.13. The van der Waals surface area contributed by atoms with Crippen molar-refractivity contribution in [1.82, 2.24) is 4.90 Å². The van der Waals surface area contributed by atoms with Crippen molar-refractivity contribution in [1.29, 1.82) is 0 Å². The van der Waals surface area contributed by atoms with E-state index >= 15 is 0 Å². The van der Waals surface area contributed by atoms with Gasteiger partial charge in [-0.2, -0.15) is 0 Å². The summed E-state index contributed by atoms with van der Waals surface area (Å²) in [7, 11) is 0. The molecule has 2 heterocycles. The predicted octanol–water partition coefficient (Wildman–Crippen LogP) is 3.39. The Morgan fingerprint density at radius 3 is 2.29 bits per heavy atom. The zero-order valence-electron chi connectivity index (χ0n) is 18.3. The van der Waals surface area contributed by atoms with Gasteiger partial charge in [0, 0.05) is 38.5 Å². The maximum absolute atomic E-state index is 13.4. The van der Waals surface area contributed by atoms with Gasteiger partial charge >= 0.3 is 0 Å². The van der Waals surface area contributed by atoms with Crippen molar-refractivity contribution in [2.45, 2.75) is 25.2 Å². The SMILES string of the molecule is Cc1ccc(C2(C(=O)Nc3ccc(OCCN4CCOCC4)cc3)CCOCC2)cc1. The van der Waals surface area contributed by atoms with Crippen LogP contribution in [0.4, 0.5) is 5.69 Å². The standard InChI is InChI=1S/C25H32N2O4/c1-20-2-4-21(5-3-20)25(10-15-29-16-11-25)24(28)26-22-6-8-23(9-7-22)31-19-14-27-12-17-30-18-13-27/h2-9H,10-19H2,1H3,(H,26,28). The van der Waals surface area contributed by atoms with Gasteiger partial charge in [-0.05, 0) is 49.6 Å². The van der Waals surface area contributed by atoms with E-state index in [1.54, 1.807) is 0 Å². The zero-order chi connectivity index (χ0) is 21.5.